The Morgan fingerprint density at radius 2 is 2.00 bits per heavy atom. The number of hydrogen-bond donors (Lipinski definition) is 1. The van der Waals surface area contributed by atoms with E-state index >= 15 is 0 Å². The SMILES string of the molecule is CN(C)C[C@@H]1CN(Cc2ccncc2)C[C@H]1NC(=O)C1CCOCC1. The van der Waals surface area contributed by atoms with E-state index in [2.05, 4.69) is 46.3 Å². The summed E-state index contributed by atoms with van der Waals surface area (Å²) in [4.78, 5) is 21.4. The van der Waals surface area contributed by atoms with Gasteiger partial charge in [0.1, 0.15) is 0 Å². The third-order valence-electron chi connectivity index (χ3n) is 5.19. The van der Waals surface area contributed by atoms with Crippen LogP contribution in [0.1, 0.15) is 18.4 Å². The molecular weight excluding hydrogens is 316 g/mol. The maximum absolute atomic E-state index is 12.6. The zero-order chi connectivity index (χ0) is 17.6. The first-order valence-electron chi connectivity index (χ1n) is 9.26. The van der Waals surface area contributed by atoms with Crippen molar-refractivity contribution in [2.45, 2.75) is 25.4 Å². The molecule has 0 unspecified atom stereocenters. The van der Waals surface area contributed by atoms with Gasteiger partial charge in [-0.15, -0.1) is 0 Å². The molecule has 1 N–H and O–H groups in total. The summed E-state index contributed by atoms with van der Waals surface area (Å²) in [5.74, 6) is 0.784. The lowest BCUT2D eigenvalue weighted by molar-refractivity contribution is -0.128. The second-order valence-electron chi connectivity index (χ2n) is 7.57. The first-order valence-corrected chi connectivity index (χ1v) is 9.26. The Morgan fingerprint density at radius 1 is 1.28 bits per heavy atom. The van der Waals surface area contributed by atoms with E-state index in [0.717, 1.165) is 39.0 Å². The number of rotatable bonds is 6. The third kappa shape index (κ3) is 5.23. The number of hydrogen-bond acceptors (Lipinski definition) is 5. The predicted molar refractivity (Wildman–Crippen MR) is 97.0 cm³/mol. The van der Waals surface area contributed by atoms with Crippen LogP contribution in [0.3, 0.4) is 0 Å². The molecule has 2 aliphatic heterocycles. The number of likely N-dealkylation sites (tertiary alicyclic amines) is 1. The van der Waals surface area contributed by atoms with Crippen molar-refractivity contribution in [2.24, 2.45) is 11.8 Å². The fraction of sp³-hybridized carbons (Fsp3) is 0.684. The number of amides is 1. The molecule has 2 aliphatic rings. The molecule has 3 rings (SSSR count). The first-order chi connectivity index (χ1) is 12.1. The molecule has 3 heterocycles. The highest BCUT2D eigenvalue weighted by molar-refractivity contribution is 5.79. The van der Waals surface area contributed by atoms with Crippen molar-refractivity contribution in [3.05, 3.63) is 30.1 Å². The van der Waals surface area contributed by atoms with E-state index in [1.807, 2.05) is 12.4 Å². The van der Waals surface area contributed by atoms with Crippen LogP contribution in [0.4, 0.5) is 0 Å². The lowest BCUT2D eigenvalue weighted by Gasteiger charge is -2.27. The lowest BCUT2D eigenvalue weighted by Crippen LogP contribution is -2.46. The van der Waals surface area contributed by atoms with Crippen molar-refractivity contribution in [1.82, 2.24) is 20.1 Å². The number of carbonyl (C=O) groups is 1. The summed E-state index contributed by atoms with van der Waals surface area (Å²) in [6.07, 6.45) is 5.37. The zero-order valence-corrected chi connectivity index (χ0v) is 15.4. The Labute approximate surface area is 150 Å². The number of pyridine rings is 1. The van der Waals surface area contributed by atoms with Gasteiger partial charge in [-0.3, -0.25) is 14.7 Å². The molecule has 0 aromatic carbocycles. The smallest absolute Gasteiger partial charge is 0.223 e. The molecule has 2 fully saturated rings. The molecule has 0 bridgehead atoms. The third-order valence-corrected chi connectivity index (χ3v) is 5.19. The van der Waals surface area contributed by atoms with Crippen LogP contribution in [0.15, 0.2) is 24.5 Å². The molecule has 25 heavy (non-hydrogen) atoms. The minimum Gasteiger partial charge on any atom is -0.381 e. The quantitative estimate of drug-likeness (QED) is 0.832. The summed E-state index contributed by atoms with van der Waals surface area (Å²) in [7, 11) is 4.20. The summed E-state index contributed by atoms with van der Waals surface area (Å²) < 4.78 is 5.38. The van der Waals surface area contributed by atoms with Crippen LogP contribution in [0, 0.1) is 11.8 Å². The largest absolute Gasteiger partial charge is 0.381 e. The molecule has 138 valence electrons. The lowest BCUT2D eigenvalue weighted by atomic mass is 9.97. The second-order valence-corrected chi connectivity index (χ2v) is 7.57. The summed E-state index contributed by atoms with van der Waals surface area (Å²) in [5, 5.41) is 3.34. The maximum Gasteiger partial charge on any atom is 0.223 e. The van der Waals surface area contributed by atoms with Crippen molar-refractivity contribution in [3.8, 4) is 0 Å². The van der Waals surface area contributed by atoms with Crippen LogP contribution < -0.4 is 5.32 Å². The highest BCUT2D eigenvalue weighted by Crippen LogP contribution is 2.22. The van der Waals surface area contributed by atoms with Gasteiger partial charge in [-0.05, 0) is 44.6 Å². The Bertz CT molecular complexity index is 546. The van der Waals surface area contributed by atoms with Gasteiger partial charge in [-0.1, -0.05) is 0 Å². The van der Waals surface area contributed by atoms with Crippen LogP contribution in [0.25, 0.3) is 0 Å². The number of nitrogens with zero attached hydrogens (tertiary/aromatic N) is 3. The Hall–Kier alpha value is -1.50. The van der Waals surface area contributed by atoms with E-state index in [0.29, 0.717) is 19.1 Å². The van der Waals surface area contributed by atoms with E-state index in [9.17, 15) is 4.79 Å². The van der Waals surface area contributed by atoms with E-state index < -0.39 is 0 Å². The minimum absolute atomic E-state index is 0.114. The van der Waals surface area contributed by atoms with Gasteiger partial charge in [0.05, 0.1) is 0 Å². The molecule has 6 nitrogen and oxygen atoms in total. The molecule has 0 saturated carbocycles. The van der Waals surface area contributed by atoms with Crippen LogP contribution in [-0.2, 0) is 16.1 Å². The van der Waals surface area contributed by atoms with Crippen molar-refractivity contribution < 1.29 is 9.53 Å². The van der Waals surface area contributed by atoms with Gasteiger partial charge >= 0.3 is 0 Å². The van der Waals surface area contributed by atoms with Crippen molar-refractivity contribution in [2.75, 3.05) is 46.9 Å². The number of ether oxygens (including phenoxy) is 1. The van der Waals surface area contributed by atoms with Crippen LogP contribution in [0.5, 0.6) is 0 Å². The molecule has 1 aromatic heterocycles. The standard InChI is InChI=1S/C19H30N4O2/c1-22(2)12-17-13-23(11-15-3-7-20-8-4-15)14-18(17)21-19(24)16-5-9-25-10-6-16/h3-4,7-8,16-18H,5-6,9-14H2,1-2H3,(H,21,24)/t17-,18-/m1/s1. The van der Waals surface area contributed by atoms with Gasteiger partial charge in [-0.25, -0.2) is 0 Å². The van der Waals surface area contributed by atoms with Crippen molar-refractivity contribution >= 4 is 5.91 Å². The van der Waals surface area contributed by atoms with Crippen LogP contribution in [-0.4, -0.2) is 73.7 Å². The normalized spacial score (nSPS) is 25.4. The molecule has 6 heteroatoms. The number of nitrogens with one attached hydrogen (secondary N) is 1. The highest BCUT2D eigenvalue weighted by Gasteiger charge is 2.35. The van der Waals surface area contributed by atoms with Gasteiger partial charge in [0.15, 0.2) is 0 Å². The second kappa shape index (κ2) is 8.74. The summed E-state index contributed by atoms with van der Waals surface area (Å²) >= 11 is 0. The molecular formula is C19H30N4O2. The molecule has 0 radical (unpaired) electrons. The van der Waals surface area contributed by atoms with E-state index in [-0.39, 0.29) is 17.9 Å². The van der Waals surface area contributed by atoms with E-state index in [1.165, 1.54) is 5.56 Å². The van der Waals surface area contributed by atoms with Crippen molar-refractivity contribution in [3.63, 3.8) is 0 Å². The fourth-order valence-electron chi connectivity index (χ4n) is 3.91. The van der Waals surface area contributed by atoms with E-state index in [4.69, 9.17) is 4.74 Å². The average molecular weight is 346 g/mol. The minimum atomic E-state index is 0.114. The maximum atomic E-state index is 12.6. The highest BCUT2D eigenvalue weighted by atomic mass is 16.5. The molecule has 2 saturated heterocycles. The van der Waals surface area contributed by atoms with Crippen molar-refractivity contribution in [1.29, 1.82) is 0 Å². The van der Waals surface area contributed by atoms with Gasteiger partial charge in [0, 0.05) is 69.7 Å². The van der Waals surface area contributed by atoms with Crippen LogP contribution >= 0.6 is 0 Å². The predicted octanol–water partition coefficient (Wildman–Crippen LogP) is 0.986. The topological polar surface area (TPSA) is 57.7 Å². The van der Waals surface area contributed by atoms with Gasteiger partial charge < -0.3 is 15.0 Å². The van der Waals surface area contributed by atoms with E-state index in [1.54, 1.807) is 0 Å². The Balaban J connectivity index is 1.59. The molecule has 1 amide bonds. The zero-order valence-electron chi connectivity index (χ0n) is 15.4. The Morgan fingerprint density at radius 3 is 2.68 bits per heavy atom. The Kier molecular flexibility index (Phi) is 6.39. The first kappa shape index (κ1) is 18.3. The molecule has 0 spiro atoms. The molecule has 1 aromatic rings. The average Bonchev–Trinajstić information content (AvgIpc) is 2.96. The molecule has 0 aliphatic carbocycles. The number of carbonyl (C=O) groups excluding carboxylic acids is 1. The summed E-state index contributed by atoms with van der Waals surface area (Å²) in [6, 6.07) is 4.35. The monoisotopic (exact) mass is 346 g/mol. The fourth-order valence-corrected chi connectivity index (χ4v) is 3.91. The number of aromatic nitrogens is 1. The van der Waals surface area contributed by atoms with Gasteiger partial charge in [0.2, 0.25) is 5.91 Å². The summed E-state index contributed by atoms with van der Waals surface area (Å²) in [5.41, 5.74) is 1.27. The van der Waals surface area contributed by atoms with Crippen LogP contribution in [0.2, 0.25) is 0 Å². The van der Waals surface area contributed by atoms with Gasteiger partial charge in [0.25, 0.3) is 0 Å². The molecule has 2 atom stereocenters. The summed E-state index contributed by atoms with van der Waals surface area (Å²) in [6.45, 7) is 5.24. The van der Waals surface area contributed by atoms with Gasteiger partial charge in [-0.2, -0.15) is 0 Å².